The van der Waals surface area contributed by atoms with Crippen LogP contribution in [-0.2, 0) is 9.47 Å². The van der Waals surface area contributed by atoms with Crippen LogP contribution in [0, 0.1) is 5.92 Å². The van der Waals surface area contributed by atoms with Gasteiger partial charge in [-0.05, 0) is 27.2 Å². The van der Waals surface area contributed by atoms with E-state index in [0.29, 0.717) is 13.2 Å². The van der Waals surface area contributed by atoms with Crippen molar-refractivity contribution in [3.63, 3.8) is 0 Å². The number of carbonyl (C=O) groups is 1. The first-order chi connectivity index (χ1) is 7.42. The highest BCUT2D eigenvalue weighted by Gasteiger charge is 2.28. The van der Waals surface area contributed by atoms with E-state index in [9.17, 15) is 9.90 Å². The van der Waals surface area contributed by atoms with Crippen LogP contribution in [-0.4, -0.2) is 42.7 Å². The van der Waals surface area contributed by atoms with Gasteiger partial charge in [-0.25, -0.2) is 4.79 Å². The van der Waals surface area contributed by atoms with Crippen molar-refractivity contribution in [1.29, 1.82) is 0 Å². The third kappa shape index (κ3) is 4.37. The topological polar surface area (TPSA) is 67.8 Å². The van der Waals surface area contributed by atoms with Crippen LogP contribution in [0.5, 0.6) is 0 Å². The highest BCUT2D eigenvalue weighted by Crippen LogP contribution is 2.17. The molecule has 0 bridgehead atoms. The first-order valence-electron chi connectivity index (χ1n) is 5.60. The Morgan fingerprint density at radius 3 is 2.75 bits per heavy atom. The molecule has 0 saturated carbocycles. The standard InChI is InChI=1S/C11H21NO4/c1-11(2,3)16-10(14)12-9(6-13)8-4-5-15-7-8/h8-9,13H,4-7H2,1-3H3,(H,12,14). The van der Waals surface area contributed by atoms with Crippen molar-refractivity contribution in [3.8, 4) is 0 Å². The Labute approximate surface area is 96.1 Å². The zero-order chi connectivity index (χ0) is 12.2. The molecule has 94 valence electrons. The van der Waals surface area contributed by atoms with Gasteiger partial charge in [0.25, 0.3) is 0 Å². The van der Waals surface area contributed by atoms with Gasteiger partial charge in [0.1, 0.15) is 5.60 Å². The van der Waals surface area contributed by atoms with Gasteiger partial charge < -0.3 is 19.9 Å². The van der Waals surface area contributed by atoms with Crippen LogP contribution in [0.3, 0.4) is 0 Å². The molecule has 1 rings (SSSR count). The monoisotopic (exact) mass is 231 g/mol. The van der Waals surface area contributed by atoms with Gasteiger partial charge >= 0.3 is 6.09 Å². The fourth-order valence-corrected chi connectivity index (χ4v) is 1.64. The van der Waals surface area contributed by atoms with E-state index in [1.54, 1.807) is 20.8 Å². The van der Waals surface area contributed by atoms with Gasteiger partial charge in [0.2, 0.25) is 0 Å². The third-order valence-electron chi connectivity index (χ3n) is 2.43. The molecule has 1 fully saturated rings. The van der Waals surface area contributed by atoms with Crippen LogP contribution in [0.4, 0.5) is 4.79 Å². The molecule has 2 atom stereocenters. The summed E-state index contributed by atoms with van der Waals surface area (Å²) in [6, 6.07) is -0.280. The Balaban J connectivity index is 2.40. The van der Waals surface area contributed by atoms with E-state index in [2.05, 4.69) is 5.32 Å². The maximum atomic E-state index is 11.5. The van der Waals surface area contributed by atoms with Gasteiger partial charge in [-0.15, -0.1) is 0 Å². The predicted octanol–water partition coefficient (Wildman–Crippen LogP) is 0.909. The Bertz CT molecular complexity index is 231. The summed E-state index contributed by atoms with van der Waals surface area (Å²) in [5.41, 5.74) is -0.518. The number of carbonyl (C=O) groups excluding carboxylic acids is 1. The molecule has 0 aliphatic carbocycles. The summed E-state index contributed by atoms with van der Waals surface area (Å²) < 4.78 is 10.3. The van der Waals surface area contributed by atoms with Crippen molar-refractivity contribution in [2.45, 2.75) is 38.8 Å². The molecule has 0 spiro atoms. The zero-order valence-electron chi connectivity index (χ0n) is 10.2. The fourth-order valence-electron chi connectivity index (χ4n) is 1.64. The quantitative estimate of drug-likeness (QED) is 0.757. The molecule has 1 saturated heterocycles. The van der Waals surface area contributed by atoms with E-state index in [1.807, 2.05) is 0 Å². The average Bonchev–Trinajstić information content (AvgIpc) is 2.63. The molecule has 0 radical (unpaired) electrons. The molecule has 5 nitrogen and oxygen atoms in total. The van der Waals surface area contributed by atoms with Gasteiger partial charge in [0, 0.05) is 12.5 Å². The SMILES string of the molecule is CC(C)(C)OC(=O)NC(CO)C1CCOC1. The van der Waals surface area contributed by atoms with E-state index in [-0.39, 0.29) is 18.6 Å². The summed E-state index contributed by atoms with van der Waals surface area (Å²) in [6.07, 6.45) is 0.375. The molecule has 5 heteroatoms. The minimum atomic E-state index is -0.518. The van der Waals surface area contributed by atoms with Crippen LogP contribution >= 0.6 is 0 Å². The van der Waals surface area contributed by atoms with E-state index in [0.717, 1.165) is 6.42 Å². The third-order valence-corrected chi connectivity index (χ3v) is 2.43. The minimum absolute atomic E-state index is 0.0900. The second kappa shape index (κ2) is 5.50. The predicted molar refractivity (Wildman–Crippen MR) is 59.2 cm³/mol. The van der Waals surface area contributed by atoms with Gasteiger partial charge in [-0.2, -0.15) is 0 Å². The van der Waals surface area contributed by atoms with Crippen LogP contribution in [0.1, 0.15) is 27.2 Å². The highest BCUT2D eigenvalue weighted by atomic mass is 16.6. The summed E-state index contributed by atoms with van der Waals surface area (Å²) in [4.78, 5) is 11.5. The lowest BCUT2D eigenvalue weighted by Crippen LogP contribution is -2.45. The molecule has 16 heavy (non-hydrogen) atoms. The molecule has 2 N–H and O–H groups in total. The lowest BCUT2D eigenvalue weighted by atomic mass is 10.00. The van der Waals surface area contributed by atoms with Crippen LogP contribution in [0.2, 0.25) is 0 Å². The van der Waals surface area contributed by atoms with E-state index in [4.69, 9.17) is 9.47 Å². The summed E-state index contributed by atoms with van der Waals surface area (Å²) in [5.74, 6) is 0.178. The normalized spacial score (nSPS) is 22.9. The summed E-state index contributed by atoms with van der Waals surface area (Å²) in [6.45, 7) is 6.60. The van der Waals surface area contributed by atoms with Crippen molar-refractivity contribution in [2.75, 3.05) is 19.8 Å². The molecule has 0 aromatic heterocycles. The van der Waals surface area contributed by atoms with E-state index < -0.39 is 11.7 Å². The lowest BCUT2D eigenvalue weighted by molar-refractivity contribution is 0.0449. The summed E-state index contributed by atoms with van der Waals surface area (Å²) in [5, 5.41) is 11.9. The second-order valence-electron chi connectivity index (χ2n) is 5.06. The number of hydrogen-bond acceptors (Lipinski definition) is 4. The fraction of sp³-hybridized carbons (Fsp3) is 0.909. The molecule has 2 unspecified atom stereocenters. The zero-order valence-corrected chi connectivity index (χ0v) is 10.2. The largest absolute Gasteiger partial charge is 0.444 e. The maximum Gasteiger partial charge on any atom is 0.407 e. The van der Waals surface area contributed by atoms with Gasteiger partial charge in [-0.1, -0.05) is 0 Å². The van der Waals surface area contributed by atoms with Crippen molar-refractivity contribution in [3.05, 3.63) is 0 Å². The average molecular weight is 231 g/mol. The van der Waals surface area contributed by atoms with Crippen molar-refractivity contribution in [2.24, 2.45) is 5.92 Å². The Kier molecular flexibility index (Phi) is 4.56. The Hall–Kier alpha value is -0.810. The molecular weight excluding hydrogens is 210 g/mol. The number of hydrogen-bond donors (Lipinski definition) is 2. The number of aliphatic hydroxyl groups is 1. The smallest absolute Gasteiger partial charge is 0.407 e. The number of alkyl carbamates (subject to hydrolysis) is 1. The minimum Gasteiger partial charge on any atom is -0.444 e. The number of nitrogens with one attached hydrogen (secondary N) is 1. The lowest BCUT2D eigenvalue weighted by Gasteiger charge is -2.25. The first-order valence-corrected chi connectivity index (χ1v) is 5.60. The molecule has 0 aromatic rings. The van der Waals surface area contributed by atoms with Crippen molar-refractivity contribution < 1.29 is 19.4 Å². The van der Waals surface area contributed by atoms with Crippen LogP contribution < -0.4 is 5.32 Å². The van der Waals surface area contributed by atoms with Crippen molar-refractivity contribution in [1.82, 2.24) is 5.32 Å². The molecule has 1 aliphatic rings. The molecule has 1 heterocycles. The molecule has 1 amide bonds. The number of rotatable bonds is 3. The van der Waals surface area contributed by atoms with Crippen LogP contribution in [0.25, 0.3) is 0 Å². The number of ether oxygens (including phenoxy) is 2. The Morgan fingerprint density at radius 1 is 1.62 bits per heavy atom. The van der Waals surface area contributed by atoms with E-state index in [1.165, 1.54) is 0 Å². The van der Waals surface area contributed by atoms with Crippen molar-refractivity contribution >= 4 is 6.09 Å². The number of amides is 1. The summed E-state index contributed by atoms with van der Waals surface area (Å²) >= 11 is 0. The molecule has 1 aliphatic heterocycles. The molecular formula is C11H21NO4. The second-order valence-corrected chi connectivity index (χ2v) is 5.06. The van der Waals surface area contributed by atoms with Gasteiger partial charge in [0.05, 0.1) is 19.3 Å². The van der Waals surface area contributed by atoms with E-state index >= 15 is 0 Å². The summed E-state index contributed by atoms with van der Waals surface area (Å²) in [7, 11) is 0. The maximum absolute atomic E-state index is 11.5. The van der Waals surface area contributed by atoms with Gasteiger partial charge in [-0.3, -0.25) is 0 Å². The van der Waals surface area contributed by atoms with Gasteiger partial charge in [0.15, 0.2) is 0 Å². The molecule has 0 aromatic carbocycles. The Morgan fingerprint density at radius 2 is 2.31 bits per heavy atom. The first kappa shape index (κ1) is 13.3. The highest BCUT2D eigenvalue weighted by molar-refractivity contribution is 5.68. The van der Waals surface area contributed by atoms with Crippen LogP contribution in [0.15, 0.2) is 0 Å². The number of aliphatic hydroxyl groups excluding tert-OH is 1.